The molecule has 192 valence electrons. The van der Waals surface area contributed by atoms with Gasteiger partial charge in [0, 0.05) is 11.8 Å². The monoisotopic (exact) mass is 525 g/mol. The molecule has 0 radical (unpaired) electrons. The zero-order valence-corrected chi connectivity index (χ0v) is 19.6. The van der Waals surface area contributed by atoms with Gasteiger partial charge in [0.2, 0.25) is 0 Å². The minimum absolute atomic E-state index is 0. The lowest BCUT2D eigenvalue weighted by Crippen LogP contribution is -2.41. The van der Waals surface area contributed by atoms with Gasteiger partial charge in [-0.25, -0.2) is 14.8 Å². The summed E-state index contributed by atoms with van der Waals surface area (Å²) < 4.78 is 50.1. The summed E-state index contributed by atoms with van der Waals surface area (Å²) in [6.07, 6.45) is -4.28. The quantitative estimate of drug-likeness (QED) is 0.448. The van der Waals surface area contributed by atoms with Crippen molar-refractivity contribution in [2.75, 3.05) is 36.6 Å². The molecule has 0 unspecified atom stereocenters. The molecular weight excluding hydrogens is 503 g/mol. The topological polar surface area (TPSA) is 130 Å². The average Bonchev–Trinajstić information content (AvgIpc) is 2.86. The largest absolute Gasteiger partial charge is 0.488 e. The van der Waals surface area contributed by atoms with E-state index >= 15 is 0 Å². The van der Waals surface area contributed by atoms with Crippen LogP contribution >= 0.6 is 13.5 Å². The van der Waals surface area contributed by atoms with E-state index in [-0.39, 0.29) is 62.2 Å². The van der Waals surface area contributed by atoms with Crippen LogP contribution in [-0.2, 0) is 6.18 Å². The first-order valence-corrected chi connectivity index (χ1v) is 10.4. The highest BCUT2D eigenvalue weighted by atomic mass is 32.1. The Bertz CT molecular complexity index is 1220. The number of nitrogens with zero attached hydrogens (tertiary/aromatic N) is 4. The Morgan fingerprint density at radius 2 is 2.03 bits per heavy atom. The van der Waals surface area contributed by atoms with Crippen LogP contribution in [0.1, 0.15) is 5.56 Å². The first-order chi connectivity index (χ1) is 16.7. The van der Waals surface area contributed by atoms with Gasteiger partial charge < -0.3 is 19.7 Å². The number of nitrogens with one attached hydrogen (secondary N) is 1. The minimum atomic E-state index is -4.50. The number of hydrogen-bond donors (Lipinski definition) is 3. The molecule has 0 saturated heterocycles. The number of urea groups is 1. The molecule has 0 bridgehead atoms. The Labute approximate surface area is 210 Å². The third-order valence-electron chi connectivity index (χ3n) is 4.88. The fourth-order valence-corrected chi connectivity index (χ4v) is 3.19. The van der Waals surface area contributed by atoms with Crippen molar-refractivity contribution in [1.82, 2.24) is 15.0 Å². The second-order valence-corrected chi connectivity index (χ2v) is 7.40. The molecule has 0 aliphatic carbocycles. The number of carbonyl (C=O) groups excluding carboxylic acids is 1. The molecule has 1 atom stereocenters. The van der Waals surface area contributed by atoms with E-state index in [0.29, 0.717) is 5.75 Å². The fraction of sp³-hybridized carbons (Fsp3) is 0.273. The van der Waals surface area contributed by atoms with E-state index in [9.17, 15) is 23.1 Å². The molecule has 2 aromatic heterocycles. The lowest BCUT2D eigenvalue weighted by Gasteiger charge is -2.28. The molecule has 36 heavy (non-hydrogen) atoms. The molecule has 3 aromatic rings. The SMILES string of the molecule is O=C(Nc1ccnc(OC[C@@H](O)CO)n1)N1CCOc2ccc(-c3cccc(C(F)(F)F)c3)nc21.S. The summed E-state index contributed by atoms with van der Waals surface area (Å²) in [7, 11) is 0. The number of hydrogen-bond acceptors (Lipinski definition) is 8. The first-order valence-electron chi connectivity index (χ1n) is 10.4. The van der Waals surface area contributed by atoms with Crippen LogP contribution in [0.5, 0.6) is 11.8 Å². The fourth-order valence-electron chi connectivity index (χ4n) is 3.19. The van der Waals surface area contributed by atoms with Crippen LogP contribution in [0.15, 0.2) is 48.7 Å². The van der Waals surface area contributed by atoms with E-state index < -0.39 is 30.5 Å². The second-order valence-electron chi connectivity index (χ2n) is 7.40. The maximum atomic E-state index is 13.1. The van der Waals surface area contributed by atoms with Gasteiger partial charge in [-0.05, 0) is 30.3 Å². The molecule has 1 aliphatic rings. The smallest absolute Gasteiger partial charge is 0.416 e. The van der Waals surface area contributed by atoms with E-state index in [2.05, 4.69) is 20.3 Å². The molecule has 14 heteroatoms. The van der Waals surface area contributed by atoms with Gasteiger partial charge in [0.1, 0.15) is 25.1 Å². The Kier molecular flexibility index (Phi) is 8.55. The van der Waals surface area contributed by atoms with E-state index in [4.69, 9.17) is 14.6 Å². The zero-order valence-electron chi connectivity index (χ0n) is 18.6. The highest BCUT2D eigenvalue weighted by Gasteiger charge is 2.31. The number of halogens is 3. The number of ether oxygens (including phenoxy) is 2. The first kappa shape index (κ1) is 27.0. The van der Waals surface area contributed by atoms with Crippen molar-refractivity contribution >= 4 is 31.2 Å². The Morgan fingerprint density at radius 1 is 1.22 bits per heavy atom. The molecule has 2 amide bonds. The van der Waals surface area contributed by atoms with Crippen LogP contribution in [0.3, 0.4) is 0 Å². The number of fused-ring (bicyclic) bond motifs is 1. The molecule has 3 N–H and O–H groups in total. The predicted octanol–water partition coefficient (Wildman–Crippen LogP) is 2.83. The number of benzene rings is 1. The molecule has 1 aromatic carbocycles. The van der Waals surface area contributed by atoms with Gasteiger partial charge in [-0.2, -0.15) is 31.7 Å². The van der Waals surface area contributed by atoms with Crippen LogP contribution in [0, 0.1) is 0 Å². The van der Waals surface area contributed by atoms with Gasteiger partial charge in [-0.3, -0.25) is 10.2 Å². The Morgan fingerprint density at radius 3 is 2.78 bits per heavy atom. The summed E-state index contributed by atoms with van der Waals surface area (Å²) in [4.78, 5) is 26.6. The van der Waals surface area contributed by atoms with Crippen LogP contribution in [0.2, 0.25) is 0 Å². The van der Waals surface area contributed by atoms with Crippen molar-refractivity contribution in [3.8, 4) is 23.0 Å². The van der Waals surface area contributed by atoms with Gasteiger partial charge in [0.05, 0.1) is 24.4 Å². The highest BCUT2D eigenvalue weighted by molar-refractivity contribution is 7.59. The van der Waals surface area contributed by atoms with Crippen molar-refractivity contribution in [1.29, 1.82) is 0 Å². The van der Waals surface area contributed by atoms with Gasteiger partial charge in [0.15, 0.2) is 11.6 Å². The number of anilines is 2. The van der Waals surface area contributed by atoms with Crippen molar-refractivity contribution in [3.63, 3.8) is 0 Å². The summed E-state index contributed by atoms with van der Waals surface area (Å²) in [5.41, 5.74) is -0.344. The van der Waals surface area contributed by atoms with E-state index in [1.807, 2.05) is 0 Å². The van der Waals surface area contributed by atoms with E-state index in [0.717, 1.165) is 12.1 Å². The van der Waals surface area contributed by atoms with Gasteiger partial charge in [0.25, 0.3) is 0 Å². The second kappa shape index (κ2) is 11.4. The lowest BCUT2D eigenvalue weighted by molar-refractivity contribution is -0.137. The normalized spacial score (nSPS) is 13.6. The summed E-state index contributed by atoms with van der Waals surface area (Å²) in [6, 6.07) is 8.48. The molecule has 0 saturated carbocycles. The third-order valence-corrected chi connectivity index (χ3v) is 4.88. The molecule has 0 fully saturated rings. The number of carbonyl (C=O) groups is 1. The number of aromatic nitrogens is 3. The van der Waals surface area contributed by atoms with Gasteiger partial charge in [-0.1, -0.05) is 12.1 Å². The molecule has 1 aliphatic heterocycles. The minimum Gasteiger partial charge on any atom is -0.488 e. The average molecular weight is 526 g/mol. The number of amides is 2. The molecule has 3 heterocycles. The number of aliphatic hydroxyl groups is 2. The molecule has 10 nitrogen and oxygen atoms in total. The maximum absolute atomic E-state index is 13.1. The highest BCUT2D eigenvalue weighted by Crippen LogP contribution is 2.35. The van der Waals surface area contributed by atoms with Crippen LogP contribution in [-0.4, -0.2) is 63.7 Å². The standard InChI is InChI=1S/C22H20F3N5O5.H2S/c23-22(24,25)14-3-1-2-13(10-14)16-4-5-17-19(27-16)30(8-9-34-17)21(33)29-18-6-7-26-20(28-18)35-12-15(32)11-31;/h1-7,10,15,31-32H,8-9,11-12H2,(H,26,28,29,33);1H2/t15-;/m0./s1. The van der Waals surface area contributed by atoms with Crippen molar-refractivity contribution < 1.29 is 37.7 Å². The van der Waals surface area contributed by atoms with E-state index in [1.54, 1.807) is 6.07 Å². The van der Waals surface area contributed by atoms with Crippen molar-refractivity contribution in [2.45, 2.75) is 12.3 Å². The molecule has 4 rings (SSSR count). The van der Waals surface area contributed by atoms with Crippen LogP contribution < -0.4 is 19.7 Å². The van der Waals surface area contributed by atoms with Gasteiger partial charge >= 0.3 is 18.2 Å². The lowest BCUT2D eigenvalue weighted by atomic mass is 10.1. The number of alkyl halides is 3. The van der Waals surface area contributed by atoms with Crippen LogP contribution in [0.25, 0.3) is 11.3 Å². The number of pyridine rings is 1. The Hall–Kier alpha value is -3.62. The van der Waals surface area contributed by atoms with Crippen LogP contribution in [0.4, 0.5) is 29.6 Å². The summed E-state index contributed by atoms with van der Waals surface area (Å²) in [5.74, 6) is 0.535. The van der Waals surface area contributed by atoms with Gasteiger partial charge in [-0.15, -0.1) is 0 Å². The predicted molar refractivity (Wildman–Crippen MR) is 128 cm³/mol. The van der Waals surface area contributed by atoms with Crippen molar-refractivity contribution in [2.24, 2.45) is 0 Å². The van der Waals surface area contributed by atoms with Crippen molar-refractivity contribution in [3.05, 3.63) is 54.2 Å². The number of rotatable bonds is 6. The summed E-state index contributed by atoms with van der Waals surface area (Å²) >= 11 is 0. The molecular formula is C22H22F3N5O5S. The number of aliphatic hydroxyl groups excluding tert-OH is 2. The maximum Gasteiger partial charge on any atom is 0.416 e. The summed E-state index contributed by atoms with van der Waals surface area (Å²) in [6.45, 7) is -0.424. The third kappa shape index (κ3) is 6.33. The Balaban J connectivity index is 0.00000361. The zero-order chi connectivity index (χ0) is 25.0. The summed E-state index contributed by atoms with van der Waals surface area (Å²) in [5, 5.41) is 20.8. The van der Waals surface area contributed by atoms with E-state index in [1.165, 1.54) is 35.4 Å². The molecule has 0 spiro atoms.